The van der Waals surface area contributed by atoms with Gasteiger partial charge in [0.25, 0.3) is 0 Å². The topological polar surface area (TPSA) is 3.88 Å². The zero-order chi connectivity index (χ0) is 18.2. The smallest absolute Gasteiger partial charge is 0.200 e. The van der Waals surface area contributed by atoms with E-state index in [1.54, 1.807) is 11.1 Å². The second-order valence-electron chi connectivity index (χ2n) is 9.20. The fourth-order valence-electron chi connectivity index (χ4n) is 5.60. The van der Waals surface area contributed by atoms with Gasteiger partial charge in [-0.15, -0.1) is 0 Å². The fourth-order valence-corrected chi connectivity index (χ4v) is 5.60. The van der Waals surface area contributed by atoms with E-state index in [0.29, 0.717) is 5.41 Å². The number of aromatic nitrogens is 1. The van der Waals surface area contributed by atoms with Crippen molar-refractivity contribution >= 4 is 10.8 Å². The summed E-state index contributed by atoms with van der Waals surface area (Å²) in [6.07, 6.45) is 4.84. The molecule has 3 aromatic rings. The zero-order valence-electron chi connectivity index (χ0n) is 16.6. The van der Waals surface area contributed by atoms with Gasteiger partial charge in [-0.2, -0.15) is 0 Å². The summed E-state index contributed by atoms with van der Waals surface area (Å²) in [4.78, 5) is 0. The molecule has 0 spiro atoms. The van der Waals surface area contributed by atoms with Gasteiger partial charge >= 0.3 is 0 Å². The van der Waals surface area contributed by atoms with Crippen molar-refractivity contribution in [1.82, 2.24) is 0 Å². The third-order valence-electron chi connectivity index (χ3n) is 7.38. The summed E-state index contributed by atoms with van der Waals surface area (Å²) >= 11 is 0. The number of hydrogen-bond acceptors (Lipinski definition) is 0. The Morgan fingerprint density at radius 1 is 1.04 bits per heavy atom. The van der Waals surface area contributed by atoms with Crippen LogP contribution in [0, 0.1) is 25.2 Å². The Kier molecular flexibility index (Phi) is 3.20. The van der Waals surface area contributed by atoms with E-state index >= 15 is 0 Å². The van der Waals surface area contributed by atoms with E-state index in [1.165, 1.54) is 46.0 Å². The Balaban J connectivity index is 1.82. The molecule has 6 rings (SSSR count). The van der Waals surface area contributed by atoms with E-state index in [1.807, 2.05) is 0 Å². The molecule has 1 heterocycles. The van der Waals surface area contributed by atoms with Crippen LogP contribution in [0.1, 0.15) is 48.4 Å². The van der Waals surface area contributed by atoms with E-state index in [0.717, 1.165) is 11.8 Å². The largest absolute Gasteiger partial charge is 0.220 e. The Hall–Kier alpha value is -2.15. The zero-order valence-corrected chi connectivity index (χ0v) is 16.6. The second kappa shape index (κ2) is 5.19. The highest BCUT2D eigenvalue weighted by Gasteiger charge is 2.53. The molecule has 1 fully saturated rings. The molecule has 2 bridgehead atoms. The van der Waals surface area contributed by atoms with E-state index in [-0.39, 0.29) is 0 Å². The van der Waals surface area contributed by atoms with Crippen molar-refractivity contribution in [3.63, 3.8) is 0 Å². The maximum atomic E-state index is 2.47. The van der Waals surface area contributed by atoms with Crippen LogP contribution in [0.15, 0.2) is 42.6 Å². The van der Waals surface area contributed by atoms with Crippen LogP contribution < -0.4 is 4.57 Å². The van der Waals surface area contributed by atoms with Crippen molar-refractivity contribution in [3.05, 3.63) is 64.8 Å². The summed E-state index contributed by atoms with van der Waals surface area (Å²) in [5.74, 6) is 1.57. The Morgan fingerprint density at radius 2 is 1.85 bits per heavy atom. The standard InChI is InChI=1S/C25H28N/c1-15-6-8-19-17(12-15)10-11-26(5)24(19)23-16(2)7-9-20-21(23)13-18-14-22(20)25(18,3)4/h6-12,18,22H,13-14H2,1-5H3/q+1. The highest BCUT2D eigenvalue weighted by Crippen LogP contribution is 2.63. The molecule has 1 saturated carbocycles. The molecule has 0 aliphatic heterocycles. The number of rotatable bonds is 1. The second-order valence-corrected chi connectivity index (χ2v) is 9.20. The number of nitrogens with zero attached hydrogens (tertiary/aromatic N) is 1. The molecule has 0 N–H and O–H groups in total. The Bertz CT molecular complexity index is 1060. The first kappa shape index (κ1) is 16.1. The van der Waals surface area contributed by atoms with Gasteiger partial charge in [0.05, 0.1) is 10.9 Å². The molecule has 2 unspecified atom stereocenters. The molecule has 3 aliphatic rings. The van der Waals surface area contributed by atoms with Crippen LogP contribution in [-0.4, -0.2) is 0 Å². The first-order valence-corrected chi connectivity index (χ1v) is 9.89. The van der Waals surface area contributed by atoms with Gasteiger partial charge in [0, 0.05) is 6.07 Å². The van der Waals surface area contributed by atoms with Gasteiger partial charge < -0.3 is 0 Å². The van der Waals surface area contributed by atoms with Crippen molar-refractivity contribution in [1.29, 1.82) is 0 Å². The molecule has 1 aromatic heterocycles. The number of benzene rings is 2. The third-order valence-corrected chi connectivity index (χ3v) is 7.38. The molecule has 0 saturated heterocycles. The minimum atomic E-state index is 0.470. The van der Waals surface area contributed by atoms with Crippen molar-refractivity contribution < 1.29 is 4.57 Å². The average Bonchev–Trinajstić information content (AvgIpc) is 2.62. The van der Waals surface area contributed by atoms with Gasteiger partial charge in [0.15, 0.2) is 6.20 Å². The van der Waals surface area contributed by atoms with Crippen LogP contribution in [0.5, 0.6) is 0 Å². The highest BCUT2D eigenvalue weighted by atomic mass is 14.9. The lowest BCUT2D eigenvalue weighted by Gasteiger charge is -2.57. The van der Waals surface area contributed by atoms with Crippen molar-refractivity contribution in [2.75, 3.05) is 0 Å². The van der Waals surface area contributed by atoms with E-state index < -0.39 is 0 Å². The quantitative estimate of drug-likeness (QED) is 0.504. The lowest BCUT2D eigenvalue weighted by Crippen LogP contribution is -2.48. The normalized spacial score (nSPS) is 22.8. The van der Waals surface area contributed by atoms with Crippen LogP contribution in [0.25, 0.3) is 22.0 Å². The Labute approximate surface area is 156 Å². The summed E-state index contributed by atoms with van der Waals surface area (Å²) in [7, 11) is 2.20. The van der Waals surface area contributed by atoms with E-state index in [9.17, 15) is 0 Å². The van der Waals surface area contributed by atoms with Crippen molar-refractivity contribution in [2.45, 2.75) is 46.5 Å². The minimum Gasteiger partial charge on any atom is -0.200 e. The number of pyridine rings is 1. The predicted octanol–water partition coefficient (Wildman–Crippen LogP) is 5.63. The van der Waals surface area contributed by atoms with Crippen molar-refractivity contribution in [2.24, 2.45) is 18.4 Å². The molecule has 26 heavy (non-hydrogen) atoms. The molecule has 2 atom stereocenters. The SMILES string of the molecule is Cc1ccc2c(-c3c(C)ccc4c3CC3CC4C3(C)C)[n+](C)ccc2c1. The summed E-state index contributed by atoms with van der Waals surface area (Å²) in [5.41, 5.74) is 9.31. The van der Waals surface area contributed by atoms with E-state index in [2.05, 4.69) is 81.9 Å². The van der Waals surface area contributed by atoms with Gasteiger partial charge in [-0.3, -0.25) is 0 Å². The van der Waals surface area contributed by atoms with Crippen LogP contribution in [0.3, 0.4) is 0 Å². The first-order valence-electron chi connectivity index (χ1n) is 9.89. The van der Waals surface area contributed by atoms with Gasteiger partial charge in [-0.1, -0.05) is 43.7 Å². The highest BCUT2D eigenvalue weighted by molar-refractivity contribution is 5.95. The molecule has 1 heteroatoms. The van der Waals surface area contributed by atoms with Crippen LogP contribution in [0.4, 0.5) is 0 Å². The summed E-state index contributed by atoms with van der Waals surface area (Å²) < 4.78 is 2.33. The maximum Gasteiger partial charge on any atom is 0.220 e. The lowest BCUT2D eigenvalue weighted by atomic mass is 9.47. The lowest BCUT2D eigenvalue weighted by molar-refractivity contribution is -0.659. The minimum absolute atomic E-state index is 0.470. The van der Waals surface area contributed by atoms with Gasteiger partial charge in [-0.05, 0) is 72.1 Å². The number of aryl methyl sites for hydroxylation is 3. The van der Waals surface area contributed by atoms with Crippen LogP contribution >= 0.6 is 0 Å². The van der Waals surface area contributed by atoms with Crippen molar-refractivity contribution in [3.8, 4) is 11.3 Å². The van der Waals surface area contributed by atoms with Crippen LogP contribution in [-0.2, 0) is 13.5 Å². The molecule has 0 radical (unpaired) electrons. The Morgan fingerprint density at radius 3 is 2.62 bits per heavy atom. The number of hydrogen-bond donors (Lipinski definition) is 0. The predicted molar refractivity (Wildman–Crippen MR) is 108 cm³/mol. The molecular formula is C25H28N+. The summed E-state index contributed by atoms with van der Waals surface area (Å²) in [6, 6.07) is 13.9. The van der Waals surface area contributed by atoms with Gasteiger partial charge in [-0.25, -0.2) is 4.57 Å². The molecule has 0 amide bonds. The summed E-state index contributed by atoms with van der Waals surface area (Å²) in [6.45, 7) is 9.40. The molecule has 3 aliphatic carbocycles. The average molecular weight is 343 g/mol. The van der Waals surface area contributed by atoms with Gasteiger partial charge in [0.1, 0.15) is 7.05 Å². The maximum absolute atomic E-state index is 2.47. The first-order chi connectivity index (χ1) is 12.4. The fraction of sp³-hybridized carbons (Fsp3) is 0.400. The van der Waals surface area contributed by atoms with E-state index in [4.69, 9.17) is 0 Å². The molecule has 2 aromatic carbocycles. The number of fused-ring (bicyclic) bond motifs is 1. The summed E-state index contributed by atoms with van der Waals surface area (Å²) in [5, 5.41) is 2.71. The molecule has 1 nitrogen and oxygen atoms in total. The monoisotopic (exact) mass is 342 g/mol. The van der Waals surface area contributed by atoms with Crippen LogP contribution in [0.2, 0.25) is 0 Å². The molecule has 132 valence electrons. The van der Waals surface area contributed by atoms with Gasteiger partial charge in [0.2, 0.25) is 5.69 Å². The molecular weight excluding hydrogens is 314 g/mol. The third kappa shape index (κ3) is 2.00.